The third-order valence-electron chi connectivity index (χ3n) is 10.9. The van der Waals surface area contributed by atoms with Gasteiger partial charge < -0.3 is 14.4 Å². The second-order valence-corrected chi connectivity index (χ2v) is 22.1. The largest absolute Gasteiger partial charge is 0.454 e. The van der Waals surface area contributed by atoms with Crippen molar-refractivity contribution in [1.29, 1.82) is 0 Å². The fourth-order valence-electron chi connectivity index (χ4n) is 8.63. The number of aromatic nitrogens is 3. The van der Waals surface area contributed by atoms with Gasteiger partial charge in [0, 0.05) is 30.2 Å². The van der Waals surface area contributed by atoms with Crippen LogP contribution in [0.2, 0.25) is 16.6 Å². The molecule has 2 aliphatic rings. The molecule has 2 aliphatic heterocycles. The van der Waals surface area contributed by atoms with Gasteiger partial charge in [0.05, 0.1) is 23.0 Å². The maximum absolute atomic E-state index is 17.1. The van der Waals surface area contributed by atoms with E-state index in [1.54, 1.807) is 49.9 Å². The fourth-order valence-corrected chi connectivity index (χ4v) is 13.8. The minimum Gasteiger partial charge on any atom is -0.454 e. The van der Waals surface area contributed by atoms with Gasteiger partial charge in [-0.25, -0.2) is 13.6 Å². The van der Waals surface area contributed by atoms with Crippen LogP contribution >= 0.6 is 0 Å². The summed E-state index contributed by atoms with van der Waals surface area (Å²) in [6.07, 6.45) is -2.41. The van der Waals surface area contributed by atoms with Crippen molar-refractivity contribution in [1.82, 2.24) is 19.9 Å². The number of halogens is 5. The van der Waals surface area contributed by atoms with Crippen LogP contribution in [0.1, 0.15) is 80.7 Å². The summed E-state index contributed by atoms with van der Waals surface area (Å²) in [5.41, 5.74) is 3.65. The first-order valence-electron chi connectivity index (χ1n) is 18.8. The molecule has 2 aromatic heterocycles. The van der Waals surface area contributed by atoms with Crippen molar-refractivity contribution in [3.8, 4) is 28.7 Å². The summed E-state index contributed by atoms with van der Waals surface area (Å²) in [5, 5.41) is 1.14. The SMILES string of the molecule is CC(C)[Si](C#Cc1c(F)ccc2cccc(-c3ncc4c(N5CC6CCC(C5)N6C(=O)OC(C)(C)C)nc(OCC(F)(F)F)nc4c3F)c12)(C(C)C)C(C)C. The van der Waals surface area contributed by atoms with Crippen LogP contribution in [-0.2, 0) is 4.74 Å². The number of hydrogen-bond acceptors (Lipinski definition) is 7. The number of nitrogens with zero attached hydrogens (tertiary/aromatic N) is 5. The third-order valence-corrected chi connectivity index (χ3v) is 17.2. The zero-order valence-electron chi connectivity index (χ0n) is 32.7. The highest BCUT2D eigenvalue weighted by atomic mass is 28.3. The van der Waals surface area contributed by atoms with Crippen LogP contribution in [-0.4, -0.2) is 77.6 Å². The molecule has 2 unspecified atom stereocenters. The van der Waals surface area contributed by atoms with E-state index in [1.807, 2.05) is 4.90 Å². The van der Waals surface area contributed by atoms with Crippen molar-refractivity contribution in [3.05, 3.63) is 53.7 Å². The average molecular weight is 782 g/mol. The number of carbonyl (C=O) groups is 1. The number of carbonyl (C=O) groups excluding carboxylic acids is 1. The standard InChI is InChI=1S/C41H48F5N5O3Si/c1-23(2)55(24(3)4,25(5)6)18-17-29-32(42)16-13-26-11-10-12-30(33(26)29)35-34(43)36-31(19-47-35)37(49-38(48-36)53-22-41(44,45)46)50-20-27-14-15-28(21-50)51(27)39(52)54-40(7,8)9/h10-13,16,19,23-25,27-28H,14-15,20-22H2,1-9H3. The van der Waals surface area contributed by atoms with Gasteiger partial charge in [-0.3, -0.25) is 9.88 Å². The monoisotopic (exact) mass is 781 g/mol. The van der Waals surface area contributed by atoms with Gasteiger partial charge in [0.25, 0.3) is 0 Å². The summed E-state index contributed by atoms with van der Waals surface area (Å²) in [6, 6.07) is 6.86. The maximum atomic E-state index is 17.1. The lowest BCUT2D eigenvalue weighted by Gasteiger charge is -2.42. The van der Waals surface area contributed by atoms with Crippen molar-refractivity contribution in [2.75, 3.05) is 24.6 Å². The van der Waals surface area contributed by atoms with Crippen molar-refractivity contribution in [3.63, 3.8) is 0 Å². The zero-order chi connectivity index (χ0) is 40.2. The van der Waals surface area contributed by atoms with Crippen LogP contribution in [0.4, 0.5) is 32.6 Å². The summed E-state index contributed by atoms with van der Waals surface area (Å²) in [6.45, 7) is 17.2. The normalized spacial score (nSPS) is 17.8. The van der Waals surface area contributed by atoms with Crippen molar-refractivity contribution >= 4 is 41.7 Å². The van der Waals surface area contributed by atoms with Gasteiger partial charge in [-0.15, -0.1) is 5.54 Å². The number of rotatable bonds is 7. The molecule has 0 spiro atoms. The van der Waals surface area contributed by atoms with Gasteiger partial charge >= 0.3 is 18.3 Å². The highest BCUT2D eigenvalue weighted by Crippen LogP contribution is 2.42. The van der Waals surface area contributed by atoms with Crippen LogP contribution in [0.3, 0.4) is 0 Å². The van der Waals surface area contributed by atoms with E-state index in [0.29, 0.717) is 23.6 Å². The minimum absolute atomic E-state index is 0.129. The molecule has 4 heterocycles. The summed E-state index contributed by atoms with van der Waals surface area (Å²) in [4.78, 5) is 29.7. The molecular formula is C41H48F5N5O3Si. The van der Waals surface area contributed by atoms with E-state index >= 15 is 8.78 Å². The van der Waals surface area contributed by atoms with Gasteiger partial charge in [-0.2, -0.15) is 23.1 Å². The zero-order valence-corrected chi connectivity index (χ0v) is 33.7. The molecule has 0 aliphatic carbocycles. The molecule has 0 radical (unpaired) electrons. The van der Waals surface area contributed by atoms with Crippen molar-refractivity contribution in [2.45, 2.75) is 116 Å². The molecule has 0 saturated carbocycles. The molecule has 4 aromatic rings. The van der Waals surface area contributed by atoms with Gasteiger partial charge in [0.15, 0.2) is 12.4 Å². The summed E-state index contributed by atoms with van der Waals surface area (Å²) < 4.78 is 83.7. The lowest BCUT2D eigenvalue weighted by molar-refractivity contribution is -0.154. The lowest BCUT2D eigenvalue weighted by Crippen LogP contribution is -2.57. The quantitative estimate of drug-likeness (QED) is 0.105. The topological polar surface area (TPSA) is 80.7 Å². The van der Waals surface area contributed by atoms with Crippen LogP contribution in [0.5, 0.6) is 6.01 Å². The summed E-state index contributed by atoms with van der Waals surface area (Å²) >= 11 is 0. The Kier molecular flexibility index (Phi) is 10.8. The molecule has 2 bridgehead atoms. The number of hydrogen-bond donors (Lipinski definition) is 0. The second-order valence-electron chi connectivity index (χ2n) is 16.6. The van der Waals surface area contributed by atoms with E-state index in [4.69, 9.17) is 9.47 Å². The Morgan fingerprint density at radius 1 is 0.945 bits per heavy atom. The molecule has 294 valence electrons. The van der Waals surface area contributed by atoms with Gasteiger partial charge in [-0.1, -0.05) is 71.7 Å². The van der Waals surface area contributed by atoms with Crippen molar-refractivity contribution in [2.24, 2.45) is 0 Å². The first-order valence-corrected chi connectivity index (χ1v) is 21.0. The highest BCUT2D eigenvalue weighted by molar-refractivity contribution is 6.90. The van der Waals surface area contributed by atoms with Crippen LogP contribution < -0.4 is 9.64 Å². The Labute approximate surface area is 319 Å². The van der Waals surface area contributed by atoms with E-state index in [-0.39, 0.29) is 75.3 Å². The Balaban J connectivity index is 1.50. The highest BCUT2D eigenvalue weighted by Gasteiger charge is 2.45. The summed E-state index contributed by atoms with van der Waals surface area (Å²) in [5.74, 6) is 1.88. The first kappa shape index (κ1) is 40.2. The molecule has 1 amide bonds. The number of amides is 1. The Hall–Kier alpha value is -4.51. The molecule has 0 N–H and O–H groups in total. The Morgan fingerprint density at radius 2 is 1.58 bits per heavy atom. The number of benzene rings is 2. The Bertz CT molecular complexity index is 2140. The predicted octanol–water partition coefficient (Wildman–Crippen LogP) is 10.2. The molecule has 2 atom stereocenters. The third kappa shape index (κ3) is 7.82. The van der Waals surface area contributed by atoms with E-state index in [9.17, 15) is 18.0 Å². The summed E-state index contributed by atoms with van der Waals surface area (Å²) in [7, 11) is -2.30. The number of alkyl halides is 3. The van der Waals surface area contributed by atoms with Gasteiger partial charge in [0.1, 0.15) is 36.5 Å². The van der Waals surface area contributed by atoms with E-state index in [2.05, 4.69) is 68.0 Å². The first-order chi connectivity index (χ1) is 25.7. The van der Waals surface area contributed by atoms with E-state index in [0.717, 1.165) is 0 Å². The number of pyridine rings is 1. The molecule has 2 aromatic carbocycles. The lowest BCUT2D eigenvalue weighted by atomic mass is 9.96. The van der Waals surface area contributed by atoms with Crippen LogP contribution in [0.15, 0.2) is 36.5 Å². The smallest absolute Gasteiger partial charge is 0.422 e. The van der Waals surface area contributed by atoms with E-state index < -0.39 is 50.2 Å². The van der Waals surface area contributed by atoms with E-state index in [1.165, 1.54) is 12.3 Å². The van der Waals surface area contributed by atoms with Crippen LogP contribution in [0.25, 0.3) is 32.9 Å². The van der Waals surface area contributed by atoms with Gasteiger partial charge in [0.2, 0.25) is 0 Å². The minimum atomic E-state index is -4.70. The fraction of sp³-hybridized carbons (Fsp3) is 0.512. The average Bonchev–Trinajstić information content (AvgIpc) is 3.36. The van der Waals surface area contributed by atoms with Gasteiger partial charge in [-0.05, 0) is 61.7 Å². The molecular weight excluding hydrogens is 734 g/mol. The molecule has 2 saturated heterocycles. The molecule has 6 rings (SSSR count). The number of fused-ring (bicyclic) bond motifs is 4. The molecule has 55 heavy (non-hydrogen) atoms. The van der Waals surface area contributed by atoms with Crippen LogP contribution in [0, 0.1) is 23.1 Å². The van der Waals surface area contributed by atoms with Crippen molar-refractivity contribution < 1.29 is 36.2 Å². The molecule has 2 fully saturated rings. The molecule has 8 nitrogen and oxygen atoms in total. The number of ether oxygens (including phenoxy) is 2. The Morgan fingerprint density at radius 3 is 2.16 bits per heavy atom. The second kappa shape index (κ2) is 14.9. The molecule has 14 heteroatoms. The predicted molar refractivity (Wildman–Crippen MR) is 207 cm³/mol. The maximum Gasteiger partial charge on any atom is 0.422 e. The number of piperazine rings is 1. The number of anilines is 1.